The molecule has 23 heavy (non-hydrogen) atoms. The third-order valence-corrected chi connectivity index (χ3v) is 3.85. The van der Waals surface area contributed by atoms with Crippen LogP contribution in [0.1, 0.15) is 11.3 Å². The number of hydrogen-bond donors (Lipinski definition) is 2. The minimum Gasteiger partial charge on any atom is -0.356 e. The summed E-state index contributed by atoms with van der Waals surface area (Å²) in [6.45, 7) is 1.21. The summed E-state index contributed by atoms with van der Waals surface area (Å²) in [5.74, 6) is 0.421. The van der Waals surface area contributed by atoms with Crippen LogP contribution < -0.4 is 10.6 Å². The van der Waals surface area contributed by atoms with Crippen molar-refractivity contribution >= 4 is 45.9 Å². The second-order valence-electron chi connectivity index (χ2n) is 4.66. The lowest BCUT2D eigenvalue weighted by Crippen LogP contribution is -2.38. The molecule has 1 aromatic heterocycles. The smallest absolute Gasteiger partial charge is 0.191 e. The van der Waals surface area contributed by atoms with Crippen molar-refractivity contribution < 1.29 is 4.39 Å². The molecule has 0 fully saturated rings. The topological polar surface area (TPSA) is 49.3 Å². The summed E-state index contributed by atoms with van der Waals surface area (Å²) in [5, 5.41) is 6.37. The number of nitrogens with zero attached hydrogens (tertiary/aromatic N) is 2. The molecular weight excluding hydrogens is 474 g/mol. The van der Waals surface area contributed by atoms with Crippen molar-refractivity contribution in [1.29, 1.82) is 0 Å². The summed E-state index contributed by atoms with van der Waals surface area (Å²) in [6.07, 6.45) is 2.59. The largest absolute Gasteiger partial charge is 0.356 e. The highest BCUT2D eigenvalue weighted by atomic mass is 127. The van der Waals surface area contributed by atoms with Gasteiger partial charge in [0, 0.05) is 42.9 Å². The second kappa shape index (κ2) is 10.5. The van der Waals surface area contributed by atoms with Crippen molar-refractivity contribution in [2.75, 3.05) is 13.6 Å². The maximum Gasteiger partial charge on any atom is 0.191 e. The van der Waals surface area contributed by atoms with Crippen molar-refractivity contribution in [2.24, 2.45) is 4.99 Å². The molecule has 0 bridgehead atoms. The molecule has 1 heterocycles. The van der Waals surface area contributed by atoms with Gasteiger partial charge in [-0.1, -0.05) is 22.0 Å². The molecule has 0 amide bonds. The Balaban J connectivity index is 0.00000264. The van der Waals surface area contributed by atoms with Gasteiger partial charge in [-0.05, 0) is 35.9 Å². The number of benzene rings is 1. The Hall–Kier alpha value is -1.22. The molecule has 0 aliphatic carbocycles. The van der Waals surface area contributed by atoms with E-state index in [9.17, 15) is 4.39 Å². The number of rotatable bonds is 5. The van der Waals surface area contributed by atoms with Crippen LogP contribution in [0.4, 0.5) is 4.39 Å². The predicted molar refractivity (Wildman–Crippen MR) is 106 cm³/mol. The third kappa shape index (κ3) is 6.82. The summed E-state index contributed by atoms with van der Waals surface area (Å²) in [5.41, 5.74) is 1.87. The van der Waals surface area contributed by atoms with E-state index in [2.05, 4.69) is 36.5 Å². The van der Waals surface area contributed by atoms with Crippen LogP contribution in [0.3, 0.4) is 0 Å². The summed E-state index contributed by atoms with van der Waals surface area (Å²) >= 11 is 3.41. The molecule has 4 nitrogen and oxygen atoms in total. The van der Waals surface area contributed by atoms with Gasteiger partial charge in [0.25, 0.3) is 0 Å². The zero-order chi connectivity index (χ0) is 15.8. The molecule has 0 unspecified atom stereocenters. The summed E-state index contributed by atoms with van der Waals surface area (Å²) < 4.78 is 14.1. The minimum atomic E-state index is -0.252. The van der Waals surface area contributed by atoms with Crippen molar-refractivity contribution in [3.8, 4) is 0 Å². The maximum atomic E-state index is 13.2. The van der Waals surface area contributed by atoms with Crippen LogP contribution in [0.15, 0.2) is 52.1 Å². The van der Waals surface area contributed by atoms with Crippen LogP contribution in [-0.2, 0) is 13.0 Å². The van der Waals surface area contributed by atoms with E-state index in [-0.39, 0.29) is 29.8 Å². The molecule has 2 rings (SSSR count). The first-order valence-electron chi connectivity index (χ1n) is 6.97. The van der Waals surface area contributed by atoms with E-state index in [1.54, 1.807) is 19.3 Å². The van der Waals surface area contributed by atoms with Crippen LogP contribution in [0.2, 0.25) is 0 Å². The lowest BCUT2D eigenvalue weighted by atomic mass is 10.2. The predicted octanol–water partition coefficient (Wildman–Crippen LogP) is 3.51. The van der Waals surface area contributed by atoms with Crippen LogP contribution in [0, 0.1) is 5.82 Å². The SMILES string of the molecule is CN=C(NCCc1ccccn1)NCc1cc(F)ccc1Br.I. The van der Waals surface area contributed by atoms with Crippen LogP contribution in [-0.4, -0.2) is 24.5 Å². The first-order chi connectivity index (χ1) is 10.7. The number of halogens is 3. The summed E-state index contributed by atoms with van der Waals surface area (Å²) in [4.78, 5) is 8.42. The molecule has 7 heteroatoms. The Morgan fingerprint density at radius 3 is 2.78 bits per heavy atom. The zero-order valence-corrected chi connectivity index (χ0v) is 16.6. The molecule has 0 spiro atoms. The number of aliphatic imine (C=N–C) groups is 1. The molecule has 0 saturated carbocycles. The van der Waals surface area contributed by atoms with Gasteiger partial charge in [-0.2, -0.15) is 0 Å². The van der Waals surface area contributed by atoms with Gasteiger partial charge in [0.05, 0.1) is 0 Å². The fourth-order valence-electron chi connectivity index (χ4n) is 1.93. The summed E-state index contributed by atoms with van der Waals surface area (Å²) in [6, 6.07) is 10.5. The molecule has 0 aliphatic rings. The highest BCUT2D eigenvalue weighted by molar-refractivity contribution is 14.0. The number of pyridine rings is 1. The number of nitrogens with one attached hydrogen (secondary N) is 2. The van der Waals surface area contributed by atoms with Crippen molar-refractivity contribution in [1.82, 2.24) is 15.6 Å². The second-order valence-corrected chi connectivity index (χ2v) is 5.51. The van der Waals surface area contributed by atoms with Crippen molar-refractivity contribution in [2.45, 2.75) is 13.0 Å². The standard InChI is InChI=1S/C16H18BrFN4.HI/c1-19-16(21-9-7-14-4-2-3-8-20-14)22-11-12-10-13(18)5-6-15(12)17;/h2-6,8,10H,7,9,11H2,1H3,(H2,19,21,22);1H. The van der Waals surface area contributed by atoms with Gasteiger partial charge in [0.1, 0.15) is 5.82 Å². The molecule has 2 N–H and O–H groups in total. The van der Waals surface area contributed by atoms with Gasteiger partial charge < -0.3 is 10.6 Å². The van der Waals surface area contributed by atoms with Gasteiger partial charge in [0.15, 0.2) is 5.96 Å². The number of guanidine groups is 1. The monoisotopic (exact) mass is 492 g/mol. The molecule has 0 atom stereocenters. The van der Waals surface area contributed by atoms with E-state index in [1.807, 2.05) is 18.2 Å². The zero-order valence-electron chi connectivity index (χ0n) is 12.7. The summed E-state index contributed by atoms with van der Waals surface area (Å²) in [7, 11) is 1.71. The van der Waals surface area contributed by atoms with E-state index in [0.29, 0.717) is 12.5 Å². The fourth-order valence-corrected chi connectivity index (χ4v) is 2.32. The Morgan fingerprint density at radius 2 is 2.09 bits per heavy atom. The Bertz CT molecular complexity index is 637. The Morgan fingerprint density at radius 1 is 1.26 bits per heavy atom. The molecule has 1 aromatic carbocycles. The van der Waals surface area contributed by atoms with Gasteiger partial charge in [-0.3, -0.25) is 9.98 Å². The average molecular weight is 493 g/mol. The van der Waals surface area contributed by atoms with Crippen LogP contribution in [0.5, 0.6) is 0 Å². The van der Waals surface area contributed by atoms with Crippen molar-refractivity contribution in [3.05, 3.63) is 64.1 Å². The van der Waals surface area contributed by atoms with Crippen LogP contribution in [0.25, 0.3) is 0 Å². The van der Waals surface area contributed by atoms with E-state index in [1.165, 1.54) is 12.1 Å². The van der Waals surface area contributed by atoms with E-state index in [0.717, 1.165) is 28.7 Å². The van der Waals surface area contributed by atoms with Crippen LogP contribution >= 0.6 is 39.9 Å². The van der Waals surface area contributed by atoms with Gasteiger partial charge in [0.2, 0.25) is 0 Å². The lowest BCUT2D eigenvalue weighted by Gasteiger charge is -2.12. The van der Waals surface area contributed by atoms with Gasteiger partial charge in [-0.25, -0.2) is 4.39 Å². The highest BCUT2D eigenvalue weighted by Gasteiger charge is 2.03. The Kier molecular flexibility index (Phi) is 9.08. The highest BCUT2D eigenvalue weighted by Crippen LogP contribution is 2.17. The molecule has 0 aliphatic heterocycles. The average Bonchev–Trinajstić information content (AvgIpc) is 2.54. The molecule has 2 aromatic rings. The van der Waals surface area contributed by atoms with E-state index < -0.39 is 0 Å². The first-order valence-corrected chi connectivity index (χ1v) is 7.76. The molecular formula is C16H19BrFIN4. The maximum absolute atomic E-state index is 13.2. The first kappa shape index (κ1) is 19.8. The lowest BCUT2D eigenvalue weighted by molar-refractivity contribution is 0.624. The minimum absolute atomic E-state index is 0. The fraction of sp³-hybridized carbons (Fsp3) is 0.250. The number of hydrogen-bond acceptors (Lipinski definition) is 2. The van der Waals surface area contributed by atoms with Crippen molar-refractivity contribution in [3.63, 3.8) is 0 Å². The molecule has 124 valence electrons. The molecule has 0 radical (unpaired) electrons. The third-order valence-electron chi connectivity index (χ3n) is 3.08. The Labute approximate surface area is 161 Å². The quantitative estimate of drug-likeness (QED) is 0.381. The molecule has 0 saturated heterocycles. The normalized spacial score (nSPS) is 10.8. The van der Waals surface area contributed by atoms with Gasteiger partial charge >= 0.3 is 0 Å². The van der Waals surface area contributed by atoms with E-state index >= 15 is 0 Å². The number of aromatic nitrogens is 1. The van der Waals surface area contributed by atoms with E-state index in [4.69, 9.17) is 0 Å². The van der Waals surface area contributed by atoms with Gasteiger partial charge in [-0.15, -0.1) is 24.0 Å².